The molecule has 0 spiro atoms. The summed E-state index contributed by atoms with van der Waals surface area (Å²) in [6.45, 7) is 0. The molecule has 0 unspecified atom stereocenters. The Morgan fingerprint density at radius 3 is 2.78 bits per heavy atom. The largest absolute Gasteiger partial charge is 0.450 e. The molecule has 1 aromatic carbocycles. The third kappa shape index (κ3) is 3.73. The van der Waals surface area contributed by atoms with Gasteiger partial charge in [0.15, 0.2) is 10.3 Å². The van der Waals surface area contributed by atoms with Gasteiger partial charge in [0.05, 0.1) is 17.5 Å². The van der Waals surface area contributed by atoms with E-state index in [-0.39, 0.29) is 11.4 Å². The molecule has 0 saturated carbocycles. The van der Waals surface area contributed by atoms with Crippen molar-refractivity contribution in [2.75, 3.05) is 6.26 Å². The highest BCUT2D eigenvalue weighted by molar-refractivity contribution is 8.18. The fraction of sp³-hybridized carbons (Fsp3) is 0.0588. The molecule has 0 atom stereocenters. The lowest BCUT2D eigenvalue weighted by molar-refractivity contribution is -0.114. The summed E-state index contributed by atoms with van der Waals surface area (Å²) in [5, 5.41) is 10.8. The standard InChI is InChI=1S/C17H11ClN4O2S3/c1-25-17-21-27-16-20-15(23)12(14(19)22(16)17)8-10-4-7-13(24-10)26-11-5-2-9(18)3-6-11/h2-8,19H,1H3/b12-8-,19-14?. The molecule has 4 rings (SSSR count). The maximum Gasteiger partial charge on any atom is 0.283 e. The second-order valence-corrected chi connectivity index (χ2v) is 8.34. The van der Waals surface area contributed by atoms with Crippen molar-refractivity contribution in [3.05, 3.63) is 52.8 Å². The van der Waals surface area contributed by atoms with Crippen LogP contribution in [0, 0.1) is 5.41 Å². The number of nitrogens with one attached hydrogen (secondary N) is 1. The van der Waals surface area contributed by atoms with Crippen LogP contribution in [0.1, 0.15) is 5.76 Å². The van der Waals surface area contributed by atoms with E-state index in [2.05, 4.69) is 9.39 Å². The summed E-state index contributed by atoms with van der Waals surface area (Å²) in [5.41, 5.74) is 0.167. The summed E-state index contributed by atoms with van der Waals surface area (Å²) < 4.78 is 10.00. The Hall–Kier alpha value is -1.94. The summed E-state index contributed by atoms with van der Waals surface area (Å²) in [5.74, 6) is 0.0544. The van der Waals surface area contributed by atoms with Crippen molar-refractivity contribution in [2.24, 2.45) is 9.39 Å². The van der Waals surface area contributed by atoms with Gasteiger partial charge >= 0.3 is 0 Å². The van der Waals surface area contributed by atoms with Crippen LogP contribution in [0.2, 0.25) is 5.02 Å². The normalized spacial score (nSPS) is 18.0. The van der Waals surface area contributed by atoms with Crippen LogP contribution in [0.15, 0.2) is 65.8 Å². The number of benzene rings is 1. The van der Waals surface area contributed by atoms with Crippen molar-refractivity contribution < 1.29 is 9.21 Å². The molecular formula is C17H11ClN4O2S3. The molecule has 27 heavy (non-hydrogen) atoms. The molecular weight excluding hydrogens is 424 g/mol. The monoisotopic (exact) mass is 434 g/mol. The van der Waals surface area contributed by atoms with Gasteiger partial charge in [0.2, 0.25) is 5.17 Å². The highest BCUT2D eigenvalue weighted by Gasteiger charge is 2.37. The van der Waals surface area contributed by atoms with E-state index in [9.17, 15) is 4.79 Å². The number of hydrogen-bond acceptors (Lipinski definition) is 7. The topological polar surface area (TPSA) is 82.0 Å². The Kier molecular flexibility index (Phi) is 5.18. The number of nitrogens with zero attached hydrogens (tertiary/aromatic N) is 3. The van der Waals surface area contributed by atoms with Gasteiger partial charge in [-0.1, -0.05) is 35.1 Å². The molecule has 0 radical (unpaired) electrons. The van der Waals surface area contributed by atoms with Crippen LogP contribution < -0.4 is 0 Å². The third-order valence-electron chi connectivity index (χ3n) is 3.60. The molecule has 10 heteroatoms. The summed E-state index contributed by atoms with van der Waals surface area (Å²) in [4.78, 5) is 18.9. The van der Waals surface area contributed by atoms with Gasteiger partial charge in [-0.15, -0.1) is 0 Å². The van der Waals surface area contributed by atoms with Crippen LogP contribution in [0.4, 0.5) is 0 Å². The zero-order chi connectivity index (χ0) is 19.0. The summed E-state index contributed by atoms with van der Waals surface area (Å²) in [7, 11) is 0. The number of carbonyl (C=O) groups is 1. The molecule has 0 aliphatic carbocycles. The van der Waals surface area contributed by atoms with E-state index < -0.39 is 5.91 Å². The summed E-state index contributed by atoms with van der Waals surface area (Å²) >= 11 is 9.83. The van der Waals surface area contributed by atoms with Gasteiger partial charge in [-0.25, -0.2) is 4.90 Å². The average molecular weight is 435 g/mol. The molecule has 0 saturated heterocycles. The number of furan rings is 1. The minimum absolute atomic E-state index is 0.0476. The third-order valence-corrected chi connectivity index (χ3v) is 6.23. The van der Waals surface area contributed by atoms with Crippen LogP contribution >= 0.6 is 47.1 Å². The Morgan fingerprint density at radius 1 is 1.26 bits per heavy atom. The van der Waals surface area contributed by atoms with Gasteiger partial charge in [0.1, 0.15) is 11.6 Å². The van der Waals surface area contributed by atoms with Crippen LogP contribution in [0.5, 0.6) is 0 Å². The average Bonchev–Trinajstić information content (AvgIpc) is 3.27. The number of carbonyl (C=O) groups excluding carboxylic acids is 1. The molecule has 2 aromatic rings. The molecule has 6 nitrogen and oxygen atoms in total. The Balaban J connectivity index is 1.58. The number of halogens is 1. The van der Waals surface area contributed by atoms with Crippen molar-refractivity contribution in [2.45, 2.75) is 9.99 Å². The minimum atomic E-state index is -0.473. The SMILES string of the molecule is CSC1=NSC2=NC(=O)/C(=C\c3ccc(Sc4ccc(Cl)cc4)o3)C(=N)N12. The molecule has 0 fully saturated rings. The van der Waals surface area contributed by atoms with Crippen molar-refractivity contribution in [3.63, 3.8) is 0 Å². The predicted octanol–water partition coefficient (Wildman–Crippen LogP) is 5.02. The molecule has 3 heterocycles. The lowest BCUT2D eigenvalue weighted by Crippen LogP contribution is -2.41. The Labute approximate surface area is 172 Å². The van der Waals surface area contributed by atoms with Gasteiger partial charge in [-0.3, -0.25) is 10.2 Å². The predicted molar refractivity (Wildman–Crippen MR) is 113 cm³/mol. The van der Waals surface area contributed by atoms with E-state index in [0.29, 0.717) is 26.2 Å². The maximum atomic E-state index is 12.3. The summed E-state index contributed by atoms with van der Waals surface area (Å²) in [6.07, 6.45) is 3.40. The second-order valence-electron chi connectivity index (χ2n) is 5.32. The molecule has 1 amide bonds. The molecule has 2 aliphatic rings. The van der Waals surface area contributed by atoms with Crippen LogP contribution in [-0.4, -0.2) is 33.2 Å². The highest BCUT2D eigenvalue weighted by atomic mass is 35.5. The fourth-order valence-corrected chi connectivity index (χ4v) is 4.72. The van der Waals surface area contributed by atoms with Crippen LogP contribution in [0.25, 0.3) is 6.08 Å². The van der Waals surface area contributed by atoms with E-state index in [4.69, 9.17) is 21.4 Å². The number of aliphatic imine (C=N–C) groups is 1. The quantitative estimate of drug-likeness (QED) is 0.539. The molecule has 1 aromatic heterocycles. The van der Waals surface area contributed by atoms with Crippen molar-refractivity contribution in [1.29, 1.82) is 5.41 Å². The van der Waals surface area contributed by atoms with Gasteiger partial charge in [0.25, 0.3) is 5.91 Å². The zero-order valence-electron chi connectivity index (χ0n) is 13.8. The lowest BCUT2D eigenvalue weighted by atomic mass is 10.1. The van der Waals surface area contributed by atoms with Gasteiger partial charge in [-0.05, 0) is 48.7 Å². The molecule has 1 N–H and O–H groups in total. The summed E-state index contributed by atoms with van der Waals surface area (Å²) in [6, 6.07) is 11.0. The van der Waals surface area contributed by atoms with E-state index >= 15 is 0 Å². The van der Waals surface area contributed by atoms with E-state index in [0.717, 1.165) is 16.8 Å². The lowest BCUT2D eigenvalue weighted by Gasteiger charge is -2.23. The van der Waals surface area contributed by atoms with E-state index in [1.54, 1.807) is 11.0 Å². The molecule has 136 valence electrons. The van der Waals surface area contributed by atoms with Crippen molar-refractivity contribution in [1.82, 2.24) is 4.90 Å². The Morgan fingerprint density at radius 2 is 2.04 bits per heavy atom. The Bertz CT molecular complexity index is 1030. The van der Waals surface area contributed by atoms with Crippen molar-refractivity contribution in [3.8, 4) is 0 Å². The van der Waals surface area contributed by atoms with Crippen LogP contribution in [0.3, 0.4) is 0 Å². The first kappa shape index (κ1) is 18.4. The van der Waals surface area contributed by atoms with Crippen LogP contribution in [-0.2, 0) is 4.79 Å². The first-order chi connectivity index (χ1) is 13.0. The smallest absolute Gasteiger partial charge is 0.283 e. The number of hydrogen-bond donors (Lipinski definition) is 1. The zero-order valence-corrected chi connectivity index (χ0v) is 17.0. The fourth-order valence-electron chi connectivity index (χ4n) is 2.36. The first-order valence-electron chi connectivity index (χ1n) is 7.61. The van der Waals surface area contributed by atoms with Gasteiger partial charge in [-0.2, -0.15) is 9.39 Å². The van der Waals surface area contributed by atoms with Crippen molar-refractivity contribution >= 4 is 75.2 Å². The second kappa shape index (κ2) is 7.59. The first-order valence-corrected chi connectivity index (χ1v) is 10.8. The van der Waals surface area contributed by atoms with Gasteiger partial charge < -0.3 is 4.42 Å². The number of rotatable bonds is 3. The molecule has 0 bridgehead atoms. The minimum Gasteiger partial charge on any atom is -0.450 e. The van der Waals surface area contributed by atoms with Gasteiger partial charge in [0, 0.05) is 9.92 Å². The van der Waals surface area contributed by atoms with E-state index in [1.807, 2.05) is 36.6 Å². The number of amides is 1. The number of thioether (sulfide) groups is 1. The molecule has 2 aliphatic heterocycles. The number of amidine groups is 3. The highest BCUT2D eigenvalue weighted by Crippen LogP contribution is 2.33. The number of fused-ring (bicyclic) bond motifs is 1. The maximum absolute atomic E-state index is 12.3. The van der Waals surface area contributed by atoms with E-state index in [1.165, 1.54) is 29.6 Å².